The molecule has 0 saturated heterocycles. The average molecular weight is 274 g/mol. The Morgan fingerprint density at radius 3 is 2.68 bits per heavy atom. The second-order valence-electron chi connectivity index (χ2n) is 3.91. The Hall–Kier alpha value is -2.34. The highest BCUT2D eigenvalue weighted by molar-refractivity contribution is 7.21. The van der Waals surface area contributed by atoms with E-state index in [-0.39, 0.29) is 0 Å². The number of nitro groups is 1. The fourth-order valence-corrected chi connectivity index (χ4v) is 2.75. The van der Waals surface area contributed by atoms with Crippen LogP contribution in [0.3, 0.4) is 0 Å². The quantitative estimate of drug-likeness (QED) is 0.524. The topological polar surface area (TPSA) is 56.0 Å². The Labute approximate surface area is 111 Å². The number of thiazole rings is 1. The van der Waals surface area contributed by atoms with Gasteiger partial charge in [-0.2, -0.15) is 4.39 Å². The minimum absolute atomic E-state index is 0.523. The van der Waals surface area contributed by atoms with Crippen LogP contribution < -0.4 is 0 Å². The predicted octanol–water partition coefficient (Wildman–Crippen LogP) is 4.01. The summed E-state index contributed by atoms with van der Waals surface area (Å²) in [5, 5.41) is 11.2. The molecule has 0 saturated carbocycles. The van der Waals surface area contributed by atoms with Crippen molar-refractivity contribution < 1.29 is 9.31 Å². The van der Waals surface area contributed by atoms with Gasteiger partial charge in [0.2, 0.25) is 5.82 Å². The smallest absolute Gasteiger partial charge is 0.258 e. The third-order valence-electron chi connectivity index (χ3n) is 2.69. The van der Waals surface area contributed by atoms with Crippen molar-refractivity contribution in [2.24, 2.45) is 0 Å². The van der Waals surface area contributed by atoms with Crippen molar-refractivity contribution in [2.75, 3.05) is 0 Å². The van der Waals surface area contributed by atoms with E-state index in [1.807, 2.05) is 24.3 Å². The molecule has 0 radical (unpaired) electrons. The van der Waals surface area contributed by atoms with Gasteiger partial charge in [-0.1, -0.05) is 12.1 Å². The lowest BCUT2D eigenvalue weighted by Crippen LogP contribution is -1.92. The van der Waals surface area contributed by atoms with Crippen molar-refractivity contribution in [2.45, 2.75) is 0 Å². The second-order valence-corrected chi connectivity index (χ2v) is 4.94. The molecule has 0 spiro atoms. The Morgan fingerprint density at radius 1 is 1.21 bits per heavy atom. The number of halogens is 1. The van der Waals surface area contributed by atoms with Gasteiger partial charge in [-0.25, -0.2) is 4.98 Å². The van der Waals surface area contributed by atoms with E-state index in [9.17, 15) is 14.5 Å². The van der Waals surface area contributed by atoms with E-state index >= 15 is 0 Å². The van der Waals surface area contributed by atoms with Gasteiger partial charge >= 0.3 is 5.69 Å². The van der Waals surface area contributed by atoms with Crippen LogP contribution in [-0.2, 0) is 0 Å². The summed E-state index contributed by atoms with van der Waals surface area (Å²) < 4.78 is 14.6. The standard InChI is InChI=1S/C13H7FN2O2S/c14-9-7-8(5-6-11(9)16(17)18)13-15-10-3-1-2-4-12(10)19-13/h1-7H. The van der Waals surface area contributed by atoms with Gasteiger partial charge in [0.05, 0.1) is 15.1 Å². The molecule has 94 valence electrons. The largest absolute Gasteiger partial charge is 0.304 e. The molecule has 0 fully saturated rings. The molecule has 0 aliphatic heterocycles. The lowest BCUT2D eigenvalue weighted by atomic mass is 10.2. The Bertz CT molecular complexity index is 752. The number of nitrogens with zero attached hydrogens (tertiary/aromatic N) is 2. The zero-order valence-corrected chi connectivity index (χ0v) is 10.4. The number of rotatable bonds is 2. The van der Waals surface area contributed by atoms with Gasteiger partial charge in [0, 0.05) is 11.6 Å². The molecule has 0 atom stereocenters. The van der Waals surface area contributed by atoms with E-state index in [1.165, 1.54) is 17.4 Å². The highest BCUT2D eigenvalue weighted by Crippen LogP contribution is 2.31. The summed E-state index contributed by atoms with van der Waals surface area (Å²) in [5.74, 6) is -0.846. The fraction of sp³-hybridized carbons (Fsp3) is 0. The number of para-hydroxylation sites is 1. The maximum atomic E-state index is 13.6. The molecular weight excluding hydrogens is 267 g/mol. The van der Waals surface area contributed by atoms with Crippen molar-refractivity contribution in [3.8, 4) is 10.6 Å². The number of hydrogen-bond acceptors (Lipinski definition) is 4. The van der Waals surface area contributed by atoms with Crippen molar-refractivity contribution in [3.05, 3.63) is 58.4 Å². The molecular formula is C13H7FN2O2S. The minimum Gasteiger partial charge on any atom is -0.258 e. The van der Waals surface area contributed by atoms with E-state index in [0.717, 1.165) is 22.3 Å². The first-order valence-electron chi connectivity index (χ1n) is 5.45. The lowest BCUT2D eigenvalue weighted by molar-refractivity contribution is -0.387. The molecule has 3 aromatic rings. The summed E-state index contributed by atoms with van der Waals surface area (Å²) in [6.07, 6.45) is 0. The number of fused-ring (bicyclic) bond motifs is 1. The van der Waals surface area contributed by atoms with Gasteiger partial charge in [-0.3, -0.25) is 10.1 Å². The van der Waals surface area contributed by atoms with Gasteiger partial charge in [0.15, 0.2) is 0 Å². The molecule has 3 rings (SSSR count). The lowest BCUT2D eigenvalue weighted by Gasteiger charge is -1.97. The van der Waals surface area contributed by atoms with Crippen molar-refractivity contribution in [1.29, 1.82) is 0 Å². The van der Waals surface area contributed by atoms with Gasteiger partial charge in [0.25, 0.3) is 0 Å². The van der Waals surface area contributed by atoms with Crippen LogP contribution in [0.15, 0.2) is 42.5 Å². The summed E-state index contributed by atoms with van der Waals surface area (Å²) in [7, 11) is 0. The van der Waals surface area contributed by atoms with Gasteiger partial charge in [-0.05, 0) is 24.3 Å². The third kappa shape index (κ3) is 2.06. The Balaban J connectivity index is 2.11. The molecule has 0 aliphatic rings. The molecule has 0 aliphatic carbocycles. The number of hydrogen-bond donors (Lipinski definition) is 0. The van der Waals surface area contributed by atoms with Crippen LogP contribution in [0, 0.1) is 15.9 Å². The van der Waals surface area contributed by atoms with E-state index in [1.54, 1.807) is 0 Å². The minimum atomic E-state index is -0.846. The zero-order chi connectivity index (χ0) is 13.4. The van der Waals surface area contributed by atoms with Crippen molar-refractivity contribution >= 4 is 27.2 Å². The van der Waals surface area contributed by atoms with Crippen LogP contribution in [0.1, 0.15) is 0 Å². The summed E-state index contributed by atoms with van der Waals surface area (Å²) >= 11 is 1.43. The molecule has 1 aromatic heterocycles. The summed E-state index contributed by atoms with van der Waals surface area (Å²) in [6.45, 7) is 0. The van der Waals surface area contributed by atoms with E-state index < -0.39 is 16.4 Å². The summed E-state index contributed by atoms with van der Waals surface area (Å²) in [5.41, 5.74) is 0.857. The van der Waals surface area contributed by atoms with E-state index in [0.29, 0.717) is 10.6 Å². The molecule has 0 bridgehead atoms. The van der Waals surface area contributed by atoms with Crippen molar-refractivity contribution in [3.63, 3.8) is 0 Å². The van der Waals surface area contributed by atoms with Crippen LogP contribution in [0.25, 0.3) is 20.8 Å². The second kappa shape index (κ2) is 4.40. The first kappa shape index (κ1) is 11.7. The highest BCUT2D eigenvalue weighted by atomic mass is 32.1. The van der Waals surface area contributed by atoms with E-state index in [2.05, 4.69) is 4.98 Å². The Kier molecular flexibility index (Phi) is 2.72. The molecule has 0 unspecified atom stereocenters. The average Bonchev–Trinajstić information content (AvgIpc) is 2.81. The SMILES string of the molecule is O=[N+]([O-])c1ccc(-c2nc3ccccc3s2)cc1F. The normalized spacial score (nSPS) is 10.8. The molecule has 2 aromatic carbocycles. The summed E-state index contributed by atoms with van der Waals surface area (Å²) in [4.78, 5) is 14.2. The Morgan fingerprint density at radius 2 is 2.00 bits per heavy atom. The van der Waals surface area contributed by atoms with Crippen LogP contribution in [0.2, 0.25) is 0 Å². The van der Waals surface area contributed by atoms with Crippen LogP contribution in [0.4, 0.5) is 10.1 Å². The van der Waals surface area contributed by atoms with E-state index in [4.69, 9.17) is 0 Å². The number of nitro benzene ring substituents is 1. The molecule has 1 heterocycles. The van der Waals surface area contributed by atoms with Crippen molar-refractivity contribution in [1.82, 2.24) is 4.98 Å². The number of benzene rings is 2. The maximum Gasteiger partial charge on any atom is 0.304 e. The summed E-state index contributed by atoms with van der Waals surface area (Å²) in [6, 6.07) is 11.4. The molecule has 0 N–H and O–H groups in total. The zero-order valence-electron chi connectivity index (χ0n) is 9.54. The molecule has 4 nitrogen and oxygen atoms in total. The molecule has 0 amide bonds. The first-order valence-corrected chi connectivity index (χ1v) is 6.27. The molecule has 19 heavy (non-hydrogen) atoms. The molecule has 6 heteroatoms. The number of aromatic nitrogens is 1. The van der Waals surface area contributed by atoms with Crippen LogP contribution >= 0.6 is 11.3 Å². The predicted molar refractivity (Wildman–Crippen MR) is 71.7 cm³/mol. The monoisotopic (exact) mass is 274 g/mol. The maximum absolute atomic E-state index is 13.6. The van der Waals surface area contributed by atoms with Crippen LogP contribution in [-0.4, -0.2) is 9.91 Å². The van der Waals surface area contributed by atoms with Crippen LogP contribution in [0.5, 0.6) is 0 Å². The first-order chi connectivity index (χ1) is 9.15. The third-order valence-corrected chi connectivity index (χ3v) is 3.77. The van der Waals surface area contributed by atoms with Gasteiger partial charge < -0.3 is 0 Å². The van der Waals surface area contributed by atoms with Gasteiger partial charge in [0.1, 0.15) is 5.01 Å². The highest BCUT2D eigenvalue weighted by Gasteiger charge is 2.15. The fourth-order valence-electron chi connectivity index (χ4n) is 1.78. The van der Waals surface area contributed by atoms with Gasteiger partial charge in [-0.15, -0.1) is 11.3 Å².